The Bertz CT molecular complexity index is 1030. The van der Waals surface area contributed by atoms with E-state index in [0.29, 0.717) is 11.8 Å². The summed E-state index contributed by atoms with van der Waals surface area (Å²) in [5.41, 5.74) is 4.78. The van der Waals surface area contributed by atoms with Crippen molar-refractivity contribution >= 4 is 29.0 Å². The van der Waals surface area contributed by atoms with Crippen LogP contribution in [0.2, 0.25) is 0 Å². The number of aromatic nitrogens is 3. The van der Waals surface area contributed by atoms with Crippen LogP contribution in [0.3, 0.4) is 0 Å². The average molecular weight is 455 g/mol. The van der Waals surface area contributed by atoms with E-state index in [-0.39, 0.29) is 5.91 Å². The summed E-state index contributed by atoms with van der Waals surface area (Å²) in [5, 5.41) is 15.1. The average Bonchev–Trinajstić information content (AvgIpc) is 3.36. The number of hydrogen-bond acceptors (Lipinski definition) is 5. The molecule has 1 aliphatic rings. The number of carbonyl (C=O) groups is 1. The first-order chi connectivity index (χ1) is 15.1. The number of hydrogen-bond donors (Lipinski definition) is 1. The van der Waals surface area contributed by atoms with E-state index >= 15 is 0 Å². The summed E-state index contributed by atoms with van der Waals surface area (Å²) in [6, 6.07) is 8.98. The monoisotopic (exact) mass is 454 g/mol. The Morgan fingerprint density at radius 1 is 1.16 bits per heavy atom. The van der Waals surface area contributed by atoms with Gasteiger partial charge in [-0.3, -0.25) is 4.79 Å². The zero-order chi connectivity index (χ0) is 21.8. The van der Waals surface area contributed by atoms with E-state index in [2.05, 4.69) is 70.5 Å². The van der Waals surface area contributed by atoms with Gasteiger partial charge in [0, 0.05) is 34.0 Å². The predicted molar refractivity (Wildman–Crippen MR) is 130 cm³/mol. The highest BCUT2D eigenvalue weighted by molar-refractivity contribution is 7.99. The lowest BCUT2D eigenvalue weighted by Gasteiger charge is -2.22. The largest absolute Gasteiger partial charge is 0.353 e. The molecule has 0 spiro atoms. The van der Waals surface area contributed by atoms with Gasteiger partial charge < -0.3 is 9.88 Å². The molecule has 3 aromatic rings. The van der Waals surface area contributed by atoms with E-state index in [0.717, 1.165) is 35.9 Å². The quantitative estimate of drug-likeness (QED) is 0.455. The minimum Gasteiger partial charge on any atom is -0.353 e. The van der Waals surface area contributed by atoms with E-state index in [1.54, 1.807) is 11.3 Å². The molecule has 1 aliphatic carbocycles. The van der Waals surface area contributed by atoms with Crippen molar-refractivity contribution in [3.63, 3.8) is 0 Å². The number of carbonyl (C=O) groups excluding carboxylic acids is 1. The fourth-order valence-electron chi connectivity index (χ4n) is 4.22. The Kier molecular flexibility index (Phi) is 7.13. The van der Waals surface area contributed by atoms with E-state index in [1.165, 1.54) is 52.6 Å². The van der Waals surface area contributed by atoms with Crippen LogP contribution < -0.4 is 5.32 Å². The fourth-order valence-corrected chi connectivity index (χ4v) is 5.90. The first kappa shape index (κ1) is 22.1. The van der Waals surface area contributed by atoms with Gasteiger partial charge in [-0.05, 0) is 39.2 Å². The van der Waals surface area contributed by atoms with Crippen LogP contribution in [0.25, 0.3) is 22.5 Å². The second-order valence-corrected chi connectivity index (χ2v) is 10.2. The Morgan fingerprint density at radius 3 is 2.61 bits per heavy atom. The molecule has 0 unspecified atom stereocenters. The predicted octanol–water partition coefficient (Wildman–Crippen LogP) is 5.85. The molecule has 31 heavy (non-hydrogen) atoms. The number of thioether (sulfide) groups is 1. The third-order valence-electron chi connectivity index (χ3n) is 5.89. The van der Waals surface area contributed by atoms with Crippen molar-refractivity contribution in [3.05, 3.63) is 40.1 Å². The number of benzene rings is 1. The van der Waals surface area contributed by atoms with E-state index < -0.39 is 0 Å². The molecule has 0 aliphatic heterocycles. The lowest BCUT2D eigenvalue weighted by Crippen LogP contribution is -2.37. The second-order valence-electron chi connectivity index (χ2n) is 8.19. The van der Waals surface area contributed by atoms with Gasteiger partial charge in [0.25, 0.3) is 0 Å². The van der Waals surface area contributed by atoms with Gasteiger partial charge in [-0.15, -0.1) is 21.5 Å². The molecular formula is C24H30N4OS2. The Morgan fingerprint density at radius 2 is 1.90 bits per heavy atom. The Labute approximate surface area is 192 Å². The Hall–Kier alpha value is -2.12. The van der Waals surface area contributed by atoms with Crippen molar-refractivity contribution in [1.82, 2.24) is 20.1 Å². The lowest BCUT2D eigenvalue weighted by molar-refractivity contribution is -0.119. The minimum absolute atomic E-state index is 0.0934. The van der Waals surface area contributed by atoms with Gasteiger partial charge in [-0.1, -0.05) is 60.9 Å². The molecule has 4 rings (SSSR count). The molecule has 1 aromatic carbocycles. The number of rotatable bonds is 7. The highest BCUT2D eigenvalue weighted by Crippen LogP contribution is 2.39. The van der Waals surface area contributed by atoms with Crippen molar-refractivity contribution in [1.29, 1.82) is 0 Å². The van der Waals surface area contributed by atoms with Crippen LogP contribution in [-0.2, 0) is 11.3 Å². The molecule has 0 saturated heterocycles. The third kappa shape index (κ3) is 5.04. The smallest absolute Gasteiger partial charge is 0.230 e. The van der Waals surface area contributed by atoms with Crippen molar-refractivity contribution in [2.45, 2.75) is 70.6 Å². The molecule has 7 heteroatoms. The zero-order valence-corrected chi connectivity index (χ0v) is 20.1. The number of amides is 1. The molecule has 1 N–H and O–H groups in total. The van der Waals surface area contributed by atoms with Crippen molar-refractivity contribution in [2.75, 3.05) is 5.75 Å². The van der Waals surface area contributed by atoms with Crippen LogP contribution in [0.5, 0.6) is 0 Å². The van der Waals surface area contributed by atoms with Gasteiger partial charge in [-0.2, -0.15) is 0 Å². The van der Waals surface area contributed by atoms with Crippen LogP contribution >= 0.6 is 23.1 Å². The van der Waals surface area contributed by atoms with Gasteiger partial charge in [0.1, 0.15) is 0 Å². The maximum atomic E-state index is 12.4. The van der Waals surface area contributed by atoms with Crippen molar-refractivity contribution in [2.24, 2.45) is 0 Å². The normalized spacial score (nSPS) is 14.7. The van der Waals surface area contributed by atoms with Gasteiger partial charge in [0.15, 0.2) is 11.0 Å². The SMILES string of the molecule is CCn1c(SCC(=O)NC2CCCCC2)nnc1-c1csc(C)c1-c1ccc(C)cc1. The van der Waals surface area contributed by atoms with Crippen LogP contribution in [0.1, 0.15) is 49.5 Å². The maximum Gasteiger partial charge on any atom is 0.230 e. The molecule has 164 valence electrons. The number of aryl methyl sites for hydroxylation is 2. The standard InChI is InChI=1S/C24H30N4OS2/c1-4-28-23(20-14-30-17(3)22(20)18-12-10-16(2)11-13-18)26-27-24(28)31-15-21(29)25-19-8-6-5-7-9-19/h10-14,19H,4-9,15H2,1-3H3,(H,25,29). The van der Waals surface area contributed by atoms with E-state index in [9.17, 15) is 4.79 Å². The van der Waals surface area contributed by atoms with Crippen LogP contribution in [0, 0.1) is 13.8 Å². The summed E-state index contributed by atoms with van der Waals surface area (Å²) in [7, 11) is 0. The number of thiophene rings is 1. The Balaban J connectivity index is 1.52. The highest BCUT2D eigenvalue weighted by Gasteiger charge is 2.21. The number of nitrogens with zero attached hydrogens (tertiary/aromatic N) is 3. The third-order valence-corrected chi connectivity index (χ3v) is 7.77. The molecule has 2 heterocycles. The molecule has 1 amide bonds. The molecule has 0 atom stereocenters. The van der Waals surface area contributed by atoms with E-state index in [4.69, 9.17) is 0 Å². The summed E-state index contributed by atoms with van der Waals surface area (Å²) in [5.74, 6) is 1.34. The zero-order valence-electron chi connectivity index (χ0n) is 18.5. The molecule has 0 radical (unpaired) electrons. The van der Waals surface area contributed by atoms with Crippen LogP contribution in [-0.4, -0.2) is 32.5 Å². The molecule has 0 bridgehead atoms. The van der Waals surface area contributed by atoms with Crippen molar-refractivity contribution in [3.8, 4) is 22.5 Å². The molecule has 1 saturated carbocycles. The van der Waals surface area contributed by atoms with Gasteiger partial charge >= 0.3 is 0 Å². The minimum atomic E-state index is 0.0934. The van der Waals surface area contributed by atoms with Crippen LogP contribution in [0.15, 0.2) is 34.8 Å². The van der Waals surface area contributed by atoms with Gasteiger partial charge in [-0.25, -0.2) is 0 Å². The summed E-state index contributed by atoms with van der Waals surface area (Å²) in [6.07, 6.45) is 5.93. The summed E-state index contributed by atoms with van der Waals surface area (Å²) >= 11 is 3.21. The first-order valence-electron chi connectivity index (χ1n) is 11.1. The van der Waals surface area contributed by atoms with Crippen molar-refractivity contribution < 1.29 is 4.79 Å². The summed E-state index contributed by atoms with van der Waals surface area (Å²) in [4.78, 5) is 13.7. The highest BCUT2D eigenvalue weighted by atomic mass is 32.2. The maximum absolute atomic E-state index is 12.4. The van der Waals surface area contributed by atoms with E-state index in [1.807, 2.05) is 0 Å². The molecule has 2 aromatic heterocycles. The van der Waals surface area contributed by atoms with Crippen LogP contribution in [0.4, 0.5) is 0 Å². The van der Waals surface area contributed by atoms with Gasteiger partial charge in [0.05, 0.1) is 5.75 Å². The molecule has 5 nitrogen and oxygen atoms in total. The number of nitrogens with one attached hydrogen (secondary N) is 1. The fraction of sp³-hybridized carbons (Fsp3) is 0.458. The molecule has 1 fully saturated rings. The van der Waals surface area contributed by atoms with Gasteiger partial charge in [0.2, 0.25) is 5.91 Å². The second kappa shape index (κ2) is 10.0. The molecular weight excluding hydrogens is 424 g/mol. The topological polar surface area (TPSA) is 59.8 Å². The first-order valence-corrected chi connectivity index (χ1v) is 12.9. The summed E-state index contributed by atoms with van der Waals surface area (Å²) < 4.78 is 2.12. The lowest BCUT2D eigenvalue weighted by atomic mass is 9.95. The summed E-state index contributed by atoms with van der Waals surface area (Å²) in [6.45, 7) is 7.12.